The standard InChI is InChI=1S/C10H18N4O2.C10H20N2O2.ClH/c1-10(2,3)16-9(15)12-7-4-5-8(6-7)13-14-11;1-10(2,3)14-9(13)12-8-5-4-7(11)6-8;/h7-8H,4-6H2,1-3H3,(H,12,15);7-8H,4-6,11H2,1-3H3,(H,12,13);1H/t2*7-,8-;/m00./s1. The average Bonchev–Trinajstić information content (AvgIpc) is 3.13. The Balaban J connectivity index is 0.000000567. The first-order valence-corrected chi connectivity index (χ1v) is 10.6. The summed E-state index contributed by atoms with van der Waals surface area (Å²) in [4.78, 5) is 25.6. The Hall–Kier alpha value is -1.90. The Morgan fingerprint density at radius 3 is 1.74 bits per heavy atom. The number of azide groups is 1. The van der Waals surface area contributed by atoms with Crippen molar-refractivity contribution in [2.75, 3.05) is 0 Å². The van der Waals surface area contributed by atoms with Gasteiger partial charge in [-0.15, -0.1) is 12.4 Å². The summed E-state index contributed by atoms with van der Waals surface area (Å²) in [6, 6.07) is 0.491. The smallest absolute Gasteiger partial charge is 0.407 e. The third-order valence-corrected chi connectivity index (χ3v) is 4.53. The number of carbonyl (C=O) groups is 2. The molecule has 2 rings (SSSR count). The molecule has 0 heterocycles. The van der Waals surface area contributed by atoms with Gasteiger partial charge in [0.05, 0.1) is 0 Å². The minimum atomic E-state index is -0.479. The van der Waals surface area contributed by atoms with Crippen molar-refractivity contribution in [1.82, 2.24) is 10.6 Å². The number of hydrogen-bond acceptors (Lipinski definition) is 6. The van der Waals surface area contributed by atoms with Gasteiger partial charge in [0.15, 0.2) is 0 Å². The molecule has 0 aliphatic heterocycles. The molecule has 0 aromatic carbocycles. The van der Waals surface area contributed by atoms with Gasteiger partial charge in [-0.05, 0) is 85.6 Å². The van der Waals surface area contributed by atoms with Crippen LogP contribution in [0.1, 0.15) is 80.1 Å². The molecule has 4 atom stereocenters. The minimum absolute atomic E-state index is 0. The second-order valence-corrected chi connectivity index (χ2v) is 9.93. The number of carbonyl (C=O) groups excluding carboxylic acids is 2. The molecule has 11 heteroatoms. The number of hydrogen-bond donors (Lipinski definition) is 3. The Kier molecular flexibility index (Phi) is 12.0. The van der Waals surface area contributed by atoms with Gasteiger partial charge in [0.1, 0.15) is 11.2 Å². The Morgan fingerprint density at radius 2 is 1.35 bits per heavy atom. The molecule has 0 radical (unpaired) electrons. The van der Waals surface area contributed by atoms with E-state index in [9.17, 15) is 9.59 Å². The number of rotatable bonds is 3. The maximum Gasteiger partial charge on any atom is 0.407 e. The molecule has 2 aliphatic rings. The lowest BCUT2D eigenvalue weighted by Gasteiger charge is -2.21. The van der Waals surface area contributed by atoms with Crippen LogP contribution in [-0.2, 0) is 9.47 Å². The van der Waals surface area contributed by atoms with Crippen molar-refractivity contribution in [2.45, 2.75) is 115 Å². The van der Waals surface area contributed by atoms with E-state index in [0.717, 1.165) is 32.1 Å². The molecule has 2 aliphatic carbocycles. The number of alkyl carbamates (subject to hydrolysis) is 2. The Bertz CT molecular complexity index is 628. The van der Waals surface area contributed by atoms with Crippen molar-refractivity contribution in [3.8, 4) is 0 Å². The summed E-state index contributed by atoms with van der Waals surface area (Å²) in [5.41, 5.74) is 13.1. The van der Waals surface area contributed by atoms with E-state index in [0.29, 0.717) is 6.42 Å². The summed E-state index contributed by atoms with van der Waals surface area (Å²) in [5, 5.41) is 9.25. The molecule has 10 nitrogen and oxygen atoms in total. The summed E-state index contributed by atoms with van der Waals surface area (Å²) in [7, 11) is 0. The summed E-state index contributed by atoms with van der Waals surface area (Å²) in [5.74, 6) is 0. The van der Waals surface area contributed by atoms with Gasteiger partial charge >= 0.3 is 12.2 Å². The third-order valence-electron chi connectivity index (χ3n) is 4.53. The van der Waals surface area contributed by atoms with Gasteiger partial charge < -0.3 is 25.8 Å². The molecule has 0 aromatic rings. The van der Waals surface area contributed by atoms with Crippen LogP contribution < -0.4 is 16.4 Å². The van der Waals surface area contributed by atoms with Gasteiger partial charge in [-0.2, -0.15) is 0 Å². The first kappa shape index (κ1) is 29.1. The van der Waals surface area contributed by atoms with E-state index in [1.807, 2.05) is 41.5 Å². The quantitative estimate of drug-likeness (QED) is 0.319. The highest BCUT2D eigenvalue weighted by Gasteiger charge is 2.27. The normalized spacial score (nSPS) is 25.1. The summed E-state index contributed by atoms with van der Waals surface area (Å²) in [6.45, 7) is 11.0. The summed E-state index contributed by atoms with van der Waals surface area (Å²) in [6.07, 6.45) is 4.42. The molecule has 0 saturated heterocycles. The lowest BCUT2D eigenvalue weighted by atomic mass is 10.2. The minimum Gasteiger partial charge on any atom is -0.444 e. The number of nitrogens with one attached hydrogen (secondary N) is 2. The molecule has 2 fully saturated rings. The predicted octanol–water partition coefficient (Wildman–Crippen LogP) is 4.56. The lowest BCUT2D eigenvalue weighted by molar-refractivity contribution is 0.0493. The number of halogens is 1. The molecule has 0 unspecified atom stereocenters. The predicted molar refractivity (Wildman–Crippen MR) is 122 cm³/mol. The van der Waals surface area contributed by atoms with Crippen LogP contribution in [0.3, 0.4) is 0 Å². The van der Waals surface area contributed by atoms with Gasteiger partial charge in [-0.25, -0.2) is 9.59 Å². The average molecular weight is 463 g/mol. The maximum absolute atomic E-state index is 11.4. The van der Waals surface area contributed by atoms with E-state index in [4.69, 9.17) is 20.7 Å². The molecule has 2 amide bonds. The van der Waals surface area contributed by atoms with Crippen LogP contribution in [0.2, 0.25) is 0 Å². The molecular formula is C20H39ClN6O4. The number of nitrogens with two attached hydrogens (primary N) is 1. The molecule has 0 bridgehead atoms. The largest absolute Gasteiger partial charge is 0.444 e. The summed E-state index contributed by atoms with van der Waals surface area (Å²) >= 11 is 0. The molecule has 31 heavy (non-hydrogen) atoms. The molecule has 180 valence electrons. The molecule has 4 N–H and O–H groups in total. The lowest BCUT2D eigenvalue weighted by Crippen LogP contribution is -2.38. The van der Waals surface area contributed by atoms with Gasteiger partial charge in [0.25, 0.3) is 0 Å². The van der Waals surface area contributed by atoms with E-state index < -0.39 is 17.3 Å². The monoisotopic (exact) mass is 462 g/mol. The number of ether oxygens (including phenoxy) is 2. The van der Waals surface area contributed by atoms with E-state index >= 15 is 0 Å². The van der Waals surface area contributed by atoms with Gasteiger partial charge in [-0.3, -0.25) is 0 Å². The highest BCUT2D eigenvalue weighted by molar-refractivity contribution is 5.85. The Labute approximate surface area is 191 Å². The fraction of sp³-hybridized carbons (Fsp3) is 0.900. The number of amides is 2. The second-order valence-electron chi connectivity index (χ2n) is 9.93. The van der Waals surface area contributed by atoms with Crippen molar-refractivity contribution in [2.24, 2.45) is 10.8 Å². The zero-order chi connectivity index (χ0) is 22.9. The van der Waals surface area contributed by atoms with Crippen LogP contribution >= 0.6 is 12.4 Å². The van der Waals surface area contributed by atoms with Crippen LogP contribution in [0.4, 0.5) is 9.59 Å². The second kappa shape index (κ2) is 12.8. The van der Waals surface area contributed by atoms with Crippen LogP contribution in [0.15, 0.2) is 5.11 Å². The van der Waals surface area contributed by atoms with Gasteiger partial charge in [0, 0.05) is 29.1 Å². The van der Waals surface area contributed by atoms with Crippen LogP contribution in [0, 0.1) is 0 Å². The van der Waals surface area contributed by atoms with Crippen molar-refractivity contribution in [3.05, 3.63) is 10.4 Å². The first-order chi connectivity index (χ1) is 13.8. The van der Waals surface area contributed by atoms with Crippen molar-refractivity contribution < 1.29 is 19.1 Å². The van der Waals surface area contributed by atoms with Gasteiger partial charge in [-0.1, -0.05) is 5.11 Å². The van der Waals surface area contributed by atoms with E-state index in [2.05, 4.69) is 20.7 Å². The Morgan fingerprint density at radius 1 is 0.903 bits per heavy atom. The highest BCUT2D eigenvalue weighted by atomic mass is 35.5. The van der Waals surface area contributed by atoms with Gasteiger partial charge in [0.2, 0.25) is 0 Å². The molecular weight excluding hydrogens is 424 g/mol. The molecule has 0 spiro atoms. The fourth-order valence-corrected chi connectivity index (χ4v) is 3.36. The van der Waals surface area contributed by atoms with Crippen LogP contribution in [0.5, 0.6) is 0 Å². The topological polar surface area (TPSA) is 151 Å². The first-order valence-electron chi connectivity index (χ1n) is 10.6. The molecule has 2 saturated carbocycles. The maximum atomic E-state index is 11.4. The molecule has 0 aromatic heterocycles. The zero-order valence-corrected chi connectivity index (χ0v) is 20.3. The van der Waals surface area contributed by atoms with E-state index in [-0.39, 0.29) is 42.7 Å². The van der Waals surface area contributed by atoms with Crippen molar-refractivity contribution >= 4 is 24.6 Å². The van der Waals surface area contributed by atoms with Crippen molar-refractivity contribution in [3.63, 3.8) is 0 Å². The van der Waals surface area contributed by atoms with Crippen LogP contribution in [-0.4, -0.2) is 47.6 Å². The van der Waals surface area contributed by atoms with Crippen LogP contribution in [0.25, 0.3) is 10.4 Å². The highest BCUT2D eigenvalue weighted by Crippen LogP contribution is 2.22. The SMILES string of the molecule is CC(C)(C)OC(=O)N[C@H]1CC[C@H](N)C1.CC(C)(C)OC(=O)N[C@H]1CC[C@H](N=[N+]=[N-])C1.Cl. The number of nitrogens with zero attached hydrogens (tertiary/aromatic N) is 3. The summed E-state index contributed by atoms with van der Waals surface area (Å²) < 4.78 is 10.3. The fourth-order valence-electron chi connectivity index (χ4n) is 3.36. The van der Waals surface area contributed by atoms with E-state index in [1.165, 1.54) is 0 Å². The zero-order valence-electron chi connectivity index (χ0n) is 19.5. The van der Waals surface area contributed by atoms with Crippen molar-refractivity contribution in [1.29, 1.82) is 0 Å². The van der Waals surface area contributed by atoms with E-state index in [1.54, 1.807) is 0 Å². The third kappa shape index (κ3) is 13.9.